The normalized spacial score (nSPS) is 11.0. The number of carboxylic acids is 1. The first-order valence-corrected chi connectivity index (χ1v) is 12.1. The summed E-state index contributed by atoms with van der Waals surface area (Å²) in [6.45, 7) is 6.28. The number of thioether (sulfide) groups is 1. The van der Waals surface area contributed by atoms with Crippen molar-refractivity contribution in [2.24, 2.45) is 5.41 Å². The number of phenolic OH excluding ortho intramolecular Hbond substituents is 1. The number of aliphatic carboxylic acids is 1. The van der Waals surface area contributed by atoms with Crippen molar-refractivity contribution in [3.05, 3.63) is 52.8 Å². The topological polar surface area (TPSA) is 104 Å². The molecular formula is C26H30FNaO6S. The SMILES string of the molecule is CCCc1c(OCCCSc2ccc(CC(=O)C(C)(C)C(=O)[O-])cc2F)ccc(C(C)=O)c1O.[Na+]. The standard InChI is InChI=1S/C26H31FO6S.Na/c1-5-7-19-21(10-9-18(16(2)28)24(19)30)33-12-6-13-34-22-11-8-17(14-20(22)27)15-23(29)26(3,4)25(31)32;/h8-11,14,30H,5-7,12-13,15H2,1-4H3,(H,31,32);/q;+1/p-1. The molecule has 0 radical (unpaired) electrons. The molecule has 0 aliphatic heterocycles. The predicted molar refractivity (Wildman–Crippen MR) is 127 cm³/mol. The minimum Gasteiger partial charge on any atom is -0.549 e. The summed E-state index contributed by atoms with van der Waals surface area (Å²) in [5.41, 5.74) is -0.345. The second kappa shape index (κ2) is 14.0. The maximum absolute atomic E-state index is 14.5. The number of ketones is 2. The molecule has 2 aromatic rings. The van der Waals surface area contributed by atoms with Crippen molar-refractivity contribution in [1.29, 1.82) is 0 Å². The van der Waals surface area contributed by atoms with Crippen LogP contribution in [-0.2, 0) is 22.4 Å². The molecule has 0 saturated carbocycles. The van der Waals surface area contributed by atoms with Gasteiger partial charge in [0.05, 0.1) is 23.6 Å². The summed E-state index contributed by atoms with van der Waals surface area (Å²) in [6.07, 6.45) is 1.79. The van der Waals surface area contributed by atoms with E-state index in [0.717, 1.165) is 6.42 Å². The quantitative estimate of drug-likeness (QED) is 0.141. The number of halogens is 1. The number of carbonyl (C=O) groups excluding carboxylic acids is 3. The number of carboxylic acid groups (broad SMARTS) is 1. The van der Waals surface area contributed by atoms with Gasteiger partial charge in [0.15, 0.2) is 5.78 Å². The molecule has 0 fully saturated rings. The Balaban J connectivity index is 0.00000612. The molecule has 35 heavy (non-hydrogen) atoms. The molecule has 0 amide bonds. The van der Waals surface area contributed by atoms with Gasteiger partial charge in [0, 0.05) is 22.6 Å². The Morgan fingerprint density at radius 1 is 1.17 bits per heavy atom. The zero-order chi connectivity index (χ0) is 25.5. The Morgan fingerprint density at radius 3 is 2.43 bits per heavy atom. The van der Waals surface area contributed by atoms with Crippen molar-refractivity contribution in [2.75, 3.05) is 12.4 Å². The molecule has 0 aliphatic rings. The molecule has 0 spiro atoms. The summed E-state index contributed by atoms with van der Waals surface area (Å²) >= 11 is 1.31. The van der Waals surface area contributed by atoms with E-state index in [0.29, 0.717) is 47.0 Å². The molecule has 6 nitrogen and oxygen atoms in total. The zero-order valence-corrected chi connectivity index (χ0v) is 23.7. The van der Waals surface area contributed by atoms with Crippen LogP contribution in [0.2, 0.25) is 0 Å². The van der Waals surface area contributed by atoms with Gasteiger partial charge < -0.3 is 19.7 Å². The number of carbonyl (C=O) groups is 3. The Labute approximate surface area is 231 Å². The van der Waals surface area contributed by atoms with Crippen LogP contribution in [0.25, 0.3) is 0 Å². The Kier molecular flexibility index (Phi) is 12.5. The molecule has 0 heterocycles. The molecule has 0 saturated heterocycles. The number of ether oxygens (including phenoxy) is 1. The summed E-state index contributed by atoms with van der Waals surface area (Å²) in [5.74, 6) is -1.62. The molecule has 0 bridgehead atoms. The van der Waals surface area contributed by atoms with Gasteiger partial charge in [-0.1, -0.05) is 19.4 Å². The molecule has 1 N–H and O–H groups in total. The van der Waals surface area contributed by atoms with E-state index in [4.69, 9.17) is 4.74 Å². The number of hydrogen-bond acceptors (Lipinski definition) is 7. The van der Waals surface area contributed by atoms with E-state index in [9.17, 15) is 29.0 Å². The van der Waals surface area contributed by atoms with Crippen LogP contribution < -0.4 is 39.4 Å². The van der Waals surface area contributed by atoms with Crippen LogP contribution in [0.1, 0.15) is 62.0 Å². The summed E-state index contributed by atoms with van der Waals surface area (Å²) in [5, 5.41) is 21.5. The summed E-state index contributed by atoms with van der Waals surface area (Å²) in [4.78, 5) is 35.4. The van der Waals surface area contributed by atoms with Crippen LogP contribution >= 0.6 is 11.8 Å². The minimum atomic E-state index is -1.63. The molecular weight excluding hydrogens is 482 g/mol. The van der Waals surface area contributed by atoms with Crippen molar-refractivity contribution in [1.82, 2.24) is 0 Å². The van der Waals surface area contributed by atoms with Gasteiger partial charge in [-0.25, -0.2) is 4.39 Å². The average Bonchev–Trinajstić information content (AvgIpc) is 2.76. The van der Waals surface area contributed by atoms with E-state index in [1.165, 1.54) is 38.6 Å². The maximum Gasteiger partial charge on any atom is 1.00 e. The Bertz CT molecular complexity index is 1070. The van der Waals surface area contributed by atoms with Gasteiger partial charge in [0.1, 0.15) is 23.1 Å². The van der Waals surface area contributed by atoms with E-state index in [1.807, 2.05) is 6.92 Å². The van der Waals surface area contributed by atoms with Crippen molar-refractivity contribution in [2.45, 2.75) is 58.3 Å². The molecule has 9 heteroatoms. The fourth-order valence-corrected chi connectivity index (χ4v) is 4.09. The zero-order valence-electron chi connectivity index (χ0n) is 20.9. The number of hydrogen-bond donors (Lipinski definition) is 1. The third kappa shape index (κ3) is 8.34. The maximum atomic E-state index is 14.5. The smallest absolute Gasteiger partial charge is 0.549 e. The third-order valence-corrected chi connectivity index (χ3v) is 6.63. The number of Topliss-reactive ketones (excluding diaryl/α,β-unsaturated/α-hetero) is 2. The number of benzene rings is 2. The fraction of sp³-hybridized carbons (Fsp3) is 0.423. The number of aromatic hydroxyl groups is 1. The van der Waals surface area contributed by atoms with Crippen LogP contribution in [0.4, 0.5) is 4.39 Å². The van der Waals surface area contributed by atoms with E-state index < -0.39 is 23.0 Å². The van der Waals surface area contributed by atoms with E-state index in [-0.39, 0.29) is 53.1 Å². The van der Waals surface area contributed by atoms with Gasteiger partial charge in [-0.15, -0.1) is 11.8 Å². The average molecular weight is 513 g/mol. The van der Waals surface area contributed by atoms with Gasteiger partial charge in [-0.05, 0) is 63.4 Å². The van der Waals surface area contributed by atoms with Gasteiger partial charge >= 0.3 is 29.6 Å². The van der Waals surface area contributed by atoms with Crippen molar-refractivity contribution < 1.29 is 63.3 Å². The monoisotopic (exact) mass is 512 g/mol. The first-order chi connectivity index (χ1) is 16.0. The third-order valence-electron chi connectivity index (χ3n) is 5.49. The van der Waals surface area contributed by atoms with Crippen LogP contribution in [0.3, 0.4) is 0 Å². The van der Waals surface area contributed by atoms with E-state index >= 15 is 0 Å². The van der Waals surface area contributed by atoms with Crippen LogP contribution in [0.15, 0.2) is 35.2 Å². The second-order valence-corrected chi connectivity index (χ2v) is 9.71. The fourth-order valence-electron chi connectivity index (χ4n) is 3.24. The predicted octanol–water partition coefficient (Wildman–Crippen LogP) is 1.14. The van der Waals surface area contributed by atoms with Gasteiger partial charge in [-0.3, -0.25) is 9.59 Å². The van der Waals surface area contributed by atoms with Gasteiger partial charge in [0.25, 0.3) is 0 Å². The van der Waals surface area contributed by atoms with Crippen molar-refractivity contribution >= 4 is 29.3 Å². The number of phenols is 1. The van der Waals surface area contributed by atoms with E-state index in [2.05, 4.69) is 0 Å². The van der Waals surface area contributed by atoms with Crippen molar-refractivity contribution in [3.63, 3.8) is 0 Å². The Hall–Kier alpha value is -1.87. The van der Waals surface area contributed by atoms with E-state index in [1.54, 1.807) is 24.3 Å². The van der Waals surface area contributed by atoms with Crippen LogP contribution in [-0.4, -0.2) is 35.0 Å². The molecule has 2 rings (SSSR count). The molecule has 0 unspecified atom stereocenters. The molecule has 0 aromatic heterocycles. The molecule has 0 aliphatic carbocycles. The number of rotatable bonds is 13. The van der Waals surface area contributed by atoms with Crippen LogP contribution in [0.5, 0.6) is 11.5 Å². The summed E-state index contributed by atoms with van der Waals surface area (Å²) in [6, 6.07) is 7.68. The molecule has 2 aromatic carbocycles. The summed E-state index contributed by atoms with van der Waals surface area (Å²) in [7, 11) is 0. The largest absolute Gasteiger partial charge is 1.00 e. The minimum absolute atomic E-state index is 0. The second-order valence-electron chi connectivity index (χ2n) is 8.57. The Morgan fingerprint density at radius 2 is 1.86 bits per heavy atom. The van der Waals surface area contributed by atoms with Crippen molar-refractivity contribution in [3.8, 4) is 11.5 Å². The summed E-state index contributed by atoms with van der Waals surface area (Å²) < 4.78 is 20.3. The van der Waals surface area contributed by atoms with Gasteiger partial charge in [-0.2, -0.15) is 0 Å². The first-order valence-electron chi connectivity index (χ1n) is 11.1. The van der Waals surface area contributed by atoms with Gasteiger partial charge in [0.2, 0.25) is 0 Å². The molecule has 0 atom stereocenters. The van der Waals surface area contributed by atoms with Crippen LogP contribution in [0, 0.1) is 11.2 Å². The first kappa shape index (κ1) is 31.2. The molecule has 184 valence electrons.